The highest BCUT2D eigenvalue weighted by molar-refractivity contribution is 5.56. The quantitative estimate of drug-likeness (QED) is 0.492. The second kappa shape index (κ2) is 9.82. The van der Waals surface area contributed by atoms with Crippen LogP contribution < -0.4 is 28.1 Å². The Bertz CT molecular complexity index is 645. The van der Waals surface area contributed by atoms with Gasteiger partial charge in [0.05, 0.1) is 0 Å². The number of benzene rings is 1. The average molecular weight is 351 g/mol. The van der Waals surface area contributed by atoms with Gasteiger partial charge in [-0.05, 0) is 17.7 Å². The summed E-state index contributed by atoms with van der Waals surface area (Å²) in [6, 6.07) is 14.5. The predicted octanol–water partition coefficient (Wildman–Crippen LogP) is -1.53. The molecule has 2 rings (SSSR count). The topological polar surface area (TPSA) is 99.4 Å². The number of hydrogen-bond acceptors (Lipinski definition) is 5. The number of hydrogen-bond donors (Lipinski definition) is 0. The molecule has 0 aliphatic heterocycles. The van der Waals surface area contributed by atoms with Crippen molar-refractivity contribution in [2.24, 2.45) is 0 Å². The van der Waals surface area contributed by atoms with E-state index in [0.29, 0.717) is 0 Å². The van der Waals surface area contributed by atoms with E-state index in [2.05, 4.69) is 35.2 Å². The van der Waals surface area contributed by atoms with Gasteiger partial charge < -0.3 is 4.90 Å². The lowest BCUT2D eigenvalue weighted by Gasteiger charge is -2.17. The zero-order valence-corrected chi connectivity index (χ0v) is 14.2. The predicted molar refractivity (Wildman–Crippen MR) is 81.8 cm³/mol. The van der Waals surface area contributed by atoms with Gasteiger partial charge in [0, 0.05) is 38.0 Å². The van der Waals surface area contributed by atoms with Crippen LogP contribution in [0.3, 0.4) is 0 Å². The highest BCUT2D eigenvalue weighted by Gasteiger charge is 1.93. The van der Waals surface area contributed by atoms with Crippen LogP contribution in [0.15, 0.2) is 67.0 Å². The maximum Gasteiger partial charge on any atom is 0.174 e. The number of rotatable bonds is 4. The molecule has 0 aliphatic carbocycles. The zero-order chi connectivity index (χ0) is 18.0. The Morgan fingerprint density at radius 2 is 1.42 bits per heavy atom. The summed E-state index contributed by atoms with van der Waals surface area (Å²) in [6.45, 7) is 0. The summed E-state index contributed by atoms with van der Waals surface area (Å²) >= 11 is 0. The van der Waals surface area contributed by atoms with Crippen LogP contribution in [0.25, 0.3) is 12.3 Å². The minimum Gasteiger partial charge on any atom is -0.378 e. The van der Waals surface area contributed by atoms with Crippen molar-refractivity contribution in [3.05, 3.63) is 72.6 Å². The summed E-state index contributed by atoms with van der Waals surface area (Å²) in [6.07, 6.45) is 12.2. The lowest BCUT2D eigenvalue weighted by atomic mass is 10.2. The normalized spacial score (nSPS) is 11.4. The van der Waals surface area contributed by atoms with Gasteiger partial charge in [0.2, 0.25) is 0 Å². The minimum absolute atomic E-state index is 1.20. The highest BCUT2D eigenvalue weighted by atomic mass is 35.7. The van der Waals surface area contributed by atoms with Gasteiger partial charge in [-0.25, -0.2) is 18.6 Å². The Morgan fingerprint density at radius 3 is 1.92 bits per heavy atom. The number of allylic oxidation sites excluding steroid dienone is 2. The lowest BCUT2D eigenvalue weighted by molar-refractivity contribution is -2.00. The molecule has 0 radical (unpaired) electrons. The number of nitrogens with zero attached hydrogens (tertiary/aromatic N) is 2. The fourth-order valence-corrected chi connectivity index (χ4v) is 1.71. The Hall–Kier alpha value is -2.22. The minimum atomic E-state index is -4.94. The van der Waals surface area contributed by atoms with Gasteiger partial charge in [-0.2, -0.15) is 4.57 Å². The first-order chi connectivity index (χ1) is 11.3. The molecule has 0 atom stereocenters. The number of pyridine rings is 1. The van der Waals surface area contributed by atoms with Gasteiger partial charge in [-0.3, -0.25) is 0 Å². The van der Waals surface area contributed by atoms with Crippen molar-refractivity contribution in [2.75, 3.05) is 19.0 Å². The van der Waals surface area contributed by atoms with Crippen LogP contribution in [-0.2, 0) is 0 Å². The van der Waals surface area contributed by atoms with Crippen molar-refractivity contribution in [3.63, 3.8) is 0 Å². The molecule has 0 saturated heterocycles. The Kier molecular flexibility index (Phi) is 8.11. The van der Waals surface area contributed by atoms with E-state index >= 15 is 0 Å². The average Bonchev–Trinajstić information content (AvgIpc) is 2.51. The van der Waals surface area contributed by atoms with Crippen molar-refractivity contribution in [1.29, 1.82) is 0 Å². The van der Waals surface area contributed by atoms with E-state index in [-0.39, 0.29) is 0 Å². The fraction of sp³-hybridized carbons (Fsp3) is 0.118. The Labute approximate surface area is 143 Å². The maximum atomic E-state index is 8.49. The molecule has 2 aromatic rings. The van der Waals surface area contributed by atoms with Gasteiger partial charge in [0.15, 0.2) is 18.6 Å². The molecule has 0 N–H and O–H groups in total. The molecule has 24 heavy (non-hydrogen) atoms. The van der Waals surface area contributed by atoms with E-state index in [0.717, 1.165) is 0 Å². The van der Waals surface area contributed by atoms with Crippen LogP contribution in [-0.4, -0.2) is 14.1 Å². The molecule has 1 aromatic carbocycles. The van der Waals surface area contributed by atoms with Crippen molar-refractivity contribution < 1.29 is 33.4 Å². The van der Waals surface area contributed by atoms with E-state index < -0.39 is 10.2 Å². The largest absolute Gasteiger partial charge is 0.378 e. The van der Waals surface area contributed by atoms with Crippen LogP contribution in [0, 0.1) is 10.2 Å². The van der Waals surface area contributed by atoms with Crippen LogP contribution in [0.4, 0.5) is 5.69 Å². The molecule has 0 unspecified atom stereocenters. The molecular formula is C17H19ClN2O4. The summed E-state index contributed by atoms with van der Waals surface area (Å²) in [7, 11) is -0.852. The van der Waals surface area contributed by atoms with Gasteiger partial charge in [0.1, 0.15) is 0 Å². The Morgan fingerprint density at radius 1 is 0.875 bits per heavy atom. The van der Waals surface area contributed by atoms with Crippen LogP contribution >= 0.6 is 0 Å². The van der Waals surface area contributed by atoms with Crippen molar-refractivity contribution in [1.82, 2.24) is 0 Å². The molecular weight excluding hydrogens is 332 g/mol. The standard InChI is InChI=1S/C17H19N2.ClHO4/c1-18(2)17-11-9-16(10-12-17)8-4-7-15-19-13-5-3-6-14-19;2-1(3,4)5/h3-15H,1-2H3;(H,2,3,4,5)/q+1;/p-1. The molecule has 0 bridgehead atoms. The maximum absolute atomic E-state index is 8.49. The van der Waals surface area contributed by atoms with Gasteiger partial charge in [-0.1, -0.05) is 30.4 Å². The molecule has 1 aromatic heterocycles. The third-order valence-corrected chi connectivity index (χ3v) is 2.81. The first kappa shape index (κ1) is 19.8. The van der Waals surface area contributed by atoms with E-state index in [1.165, 1.54) is 11.3 Å². The van der Waals surface area contributed by atoms with E-state index in [1.54, 1.807) is 0 Å². The number of aromatic nitrogens is 1. The second-order valence-corrected chi connectivity index (χ2v) is 5.64. The summed E-state index contributed by atoms with van der Waals surface area (Å²) in [5.41, 5.74) is 2.42. The second-order valence-electron chi connectivity index (χ2n) is 4.89. The first-order valence-corrected chi connectivity index (χ1v) is 8.19. The third kappa shape index (κ3) is 9.73. The molecule has 0 saturated carbocycles. The molecule has 0 fully saturated rings. The SMILES string of the molecule is CN(C)c1ccc(C=CC=C[n+]2ccccc2)cc1.[O-][Cl+3]([O-])([O-])[O-]. The molecule has 7 heteroatoms. The summed E-state index contributed by atoms with van der Waals surface area (Å²) in [5, 5.41) is 0. The van der Waals surface area contributed by atoms with Gasteiger partial charge in [-0.15, -0.1) is 10.2 Å². The summed E-state index contributed by atoms with van der Waals surface area (Å²) in [4.78, 5) is 2.10. The smallest absolute Gasteiger partial charge is 0.174 e. The van der Waals surface area contributed by atoms with Crippen LogP contribution in [0.5, 0.6) is 0 Å². The molecule has 0 amide bonds. The summed E-state index contributed by atoms with van der Waals surface area (Å²) in [5.74, 6) is 0. The van der Waals surface area contributed by atoms with Crippen molar-refractivity contribution >= 4 is 18.0 Å². The Balaban J connectivity index is 0.000000505. The van der Waals surface area contributed by atoms with Gasteiger partial charge >= 0.3 is 0 Å². The molecule has 1 heterocycles. The molecule has 128 valence electrons. The van der Waals surface area contributed by atoms with Crippen molar-refractivity contribution in [3.8, 4) is 0 Å². The lowest BCUT2D eigenvalue weighted by Crippen LogP contribution is -2.68. The molecule has 6 nitrogen and oxygen atoms in total. The fourth-order valence-electron chi connectivity index (χ4n) is 1.71. The van der Waals surface area contributed by atoms with Crippen molar-refractivity contribution in [2.45, 2.75) is 0 Å². The van der Waals surface area contributed by atoms with E-state index in [4.69, 9.17) is 18.6 Å². The van der Waals surface area contributed by atoms with Gasteiger partial charge in [0.25, 0.3) is 0 Å². The summed E-state index contributed by atoms with van der Waals surface area (Å²) < 4.78 is 36.0. The van der Waals surface area contributed by atoms with Crippen LogP contribution in [0.1, 0.15) is 5.56 Å². The van der Waals surface area contributed by atoms with Crippen LogP contribution in [0.2, 0.25) is 0 Å². The highest BCUT2D eigenvalue weighted by Crippen LogP contribution is 2.12. The molecule has 0 spiro atoms. The zero-order valence-electron chi connectivity index (χ0n) is 13.4. The first-order valence-electron chi connectivity index (χ1n) is 6.95. The van der Waals surface area contributed by atoms with E-state index in [1.807, 2.05) is 67.6 Å². The van der Waals surface area contributed by atoms with E-state index in [9.17, 15) is 0 Å². The number of halogens is 1. The molecule has 0 aliphatic rings. The monoisotopic (exact) mass is 350 g/mol. The number of anilines is 1. The third-order valence-electron chi connectivity index (χ3n) is 2.81.